The van der Waals surface area contributed by atoms with Gasteiger partial charge in [0.05, 0.1) is 6.67 Å². The molecule has 23 heavy (non-hydrogen) atoms. The molecule has 3 rings (SSSR count). The number of urea groups is 1. The Morgan fingerprint density at radius 2 is 1.78 bits per heavy atom. The number of nitrogens with one attached hydrogen (secondary N) is 2. The predicted molar refractivity (Wildman–Crippen MR) is 87.9 cm³/mol. The van der Waals surface area contributed by atoms with E-state index in [-0.39, 0.29) is 11.9 Å². The van der Waals surface area contributed by atoms with Gasteiger partial charge in [0.15, 0.2) is 0 Å². The molecule has 2 heterocycles. The van der Waals surface area contributed by atoms with Crippen LogP contribution in [-0.2, 0) is 16.8 Å². The molecule has 6 nitrogen and oxygen atoms in total. The SMILES string of the molecule is CCc1ccc(C2(C)NC(=O)N(CN3CCNCC3)C2=O)cc1. The van der Waals surface area contributed by atoms with E-state index in [0.717, 1.165) is 38.2 Å². The molecule has 0 aromatic heterocycles. The van der Waals surface area contributed by atoms with Crippen molar-refractivity contribution in [1.29, 1.82) is 0 Å². The Kier molecular flexibility index (Phi) is 4.37. The number of carbonyl (C=O) groups is 2. The third-order valence-electron chi connectivity index (χ3n) is 4.77. The fourth-order valence-corrected chi connectivity index (χ4v) is 3.15. The molecule has 1 unspecified atom stereocenters. The van der Waals surface area contributed by atoms with Crippen LogP contribution in [0.3, 0.4) is 0 Å². The van der Waals surface area contributed by atoms with Gasteiger partial charge >= 0.3 is 6.03 Å². The molecular formula is C17H24N4O2. The number of rotatable bonds is 4. The van der Waals surface area contributed by atoms with Gasteiger partial charge in [-0.05, 0) is 24.5 Å². The first kappa shape index (κ1) is 16.0. The first-order chi connectivity index (χ1) is 11.0. The second-order valence-corrected chi connectivity index (χ2v) is 6.35. The van der Waals surface area contributed by atoms with Crippen LogP contribution in [-0.4, -0.2) is 54.6 Å². The van der Waals surface area contributed by atoms with E-state index in [2.05, 4.69) is 22.5 Å². The lowest BCUT2D eigenvalue weighted by Crippen LogP contribution is -2.50. The van der Waals surface area contributed by atoms with Crippen molar-refractivity contribution in [3.8, 4) is 0 Å². The summed E-state index contributed by atoms with van der Waals surface area (Å²) in [7, 11) is 0. The van der Waals surface area contributed by atoms with Crippen LogP contribution >= 0.6 is 0 Å². The Hall–Kier alpha value is -1.92. The number of aryl methyl sites for hydroxylation is 1. The van der Waals surface area contributed by atoms with E-state index in [0.29, 0.717) is 6.67 Å². The van der Waals surface area contributed by atoms with E-state index in [9.17, 15) is 9.59 Å². The summed E-state index contributed by atoms with van der Waals surface area (Å²) in [6.07, 6.45) is 0.951. The summed E-state index contributed by atoms with van der Waals surface area (Å²) in [5.41, 5.74) is 1.07. The molecule has 1 aromatic rings. The fourth-order valence-electron chi connectivity index (χ4n) is 3.15. The zero-order chi connectivity index (χ0) is 16.4. The smallest absolute Gasteiger partial charge is 0.319 e. The minimum atomic E-state index is -0.975. The molecule has 0 aliphatic carbocycles. The predicted octanol–water partition coefficient (Wildman–Crippen LogP) is 0.879. The molecule has 6 heteroatoms. The van der Waals surface area contributed by atoms with Gasteiger partial charge in [-0.15, -0.1) is 0 Å². The van der Waals surface area contributed by atoms with Gasteiger partial charge in [-0.3, -0.25) is 9.69 Å². The van der Waals surface area contributed by atoms with Crippen molar-refractivity contribution >= 4 is 11.9 Å². The van der Waals surface area contributed by atoms with Crippen LogP contribution in [0.5, 0.6) is 0 Å². The van der Waals surface area contributed by atoms with Gasteiger partial charge in [-0.25, -0.2) is 9.69 Å². The van der Waals surface area contributed by atoms with Gasteiger partial charge in [0.1, 0.15) is 5.54 Å². The maximum absolute atomic E-state index is 12.9. The number of benzene rings is 1. The summed E-state index contributed by atoms with van der Waals surface area (Å²) in [5.74, 6) is -0.176. The maximum Gasteiger partial charge on any atom is 0.326 e. The summed E-state index contributed by atoms with van der Waals surface area (Å²) in [4.78, 5) is 28.6. The van der Waals surface area contributed by atoms with Gasteiger partial charge in [0.2, 0.25) is 0 Å². The topological polar surface area (TPSA) is 64.7 Å². The zero-order valence-corrected chi connectivity index (χ0v) is 13.8. The van der Waals surface area contributed by atoms with Crippen molar-refractivity contribution in [3.05, 3.63) is 35.4 Å². The summed E-state index contributed by atoms with van der Waals surface area (Å²) >= 11 is 0. The molecule has 2 saturated heterocycles. The minimum absolute atomic E-state index is 0.176. The third kappa shape index (κ3) is 2.96. The van der Waals surface area contributed by atoms with E-state index in [1.165, 1.54) is 10.5 Å². The second-order valence-electron chi connectivity index (χ2n) is 6.35. The number of carbonyl (C=O) groups excluding carboxylic acids is 2. The van der Waals surface area contributed by atoms with Crippen LogP contribution in [0.2, 0.25) is 0 Å². The van der Waals surface area contributed by atoms with Gasteiger partial charge in [0, 0.05) is 26.2 Å². The van der Waals surface area contributed by atoms with Crippen molar-refractivity contribution in [1.82, 2.24) is 20.4 Å². The molecule has 2 fully saturated rings. The quantitative estimate of drug-likeness (QED) is 0.810. The number of nitrogens with zero attached hydrogens (tertiary/aromatic N) is 2. The summed E-state index contributed by atoms with van der Waals surface area (Å²) in [6, 6.07) is 7.59. The lowest BCUT2D eigenvalue weighted by atomic mass is 9.91. The molecular weight excluding hydrogens is 292 g/mol. The highest BCUT2D eigenvalue weighted by Gasteiger charge is 2.49. The van der Waals surface area contributed by atoms with Crippen molar-refractivity contribution in [2.24, 2.45) is 0 Å². The molecule has 2 aliphatic heterocycles. The Morgan fingerprint density at radius 1 is 1.13 bits per heavy atom. The Labute approximate surface area is 136 Å². The van der Waals surface area contributed by atoms with Crippen LogP contribution in [0.15, 0.2) is 24.3 Å². The molecule has 2 aliphatic rings. The number of piperazine rings is 1. The van der Waals surface area contributed by atoms with E-state index in [4.69, 9.17) is 0 Å². The standard InChI is InChI=1S/C17H24N4O2/c1-3-13-4-6-14(7-5-13)17(2)15(22)21(16(23)19-17)12-20-10-8-18-9-11-20/h4-7,18H,3,8-12H2,1-2H3,(H,19,23). The van der Waals surface area contributed by atoms with Crippen LogP contribution in [0.4, 0.5) is 4.79 Å². The van der Waals surface area contributed by atoms with Gasteiger partial charge in [-0.1, -0.05) is 31.2 Å². The molecule has 0 radical (unpaired) electrons. The van der Waals surface area contributed by atoms with Crippen molar-refractivity contribution in [2.75, 3.05) is 32.8 Å². The number of amides is 3. The molecule has 3 amide bonds. The van der Waals surface area contributed by atoms with Crippen molar-refractivity contribution in [2.45, 2.75) is 25.8 Å². The van der Waals surface area contributed by atoms with Gasteiger partial charge in [-0.2, -0.15) is 0 Å². The Morgan fingerprint density at radius 3 is 2.39 bits per heavy atom. The minimum Gasteiger partial charge on any atom is -0.319 e. The molecule has 0 saturated carbocycles. The van der Waals surface area contributed by atoms with Crippen LogP contribution < -0.4 is 10.6 Å². The fraction of sp³-hybridized carbons (Fsp3) is 0.529. The van der Waals surface area contributed by atoms with Gasteiger partial charge < -0.3 is 10.6 Å². The third-order valence-corrected chi connectivity index (χ3v) is 4.77. The van der Waals surface area contributed by atoms with E-state index in [1.54, 1.807) is 6.92 Å². The number of imide groups is 1. The van der Waals surface area contributed by atoms with Crippen LogP contribution in [0, 0.1) is 0 Å². The average Bonchev–Trinajstić information content (AvgIpc) is 2.80. The summed E-state index contributed by atoms with van der Waals surface area (Å²) in [6.45, 7) is 7.70. The Balaban J connectivity index is 1.78. The average molecular weight is 316 g/mol. The lowest BCUT2D eigenvalue weighted by molar-refractivity contribution is -0.132. The lowest BCUT2D eigenvalue weighted by Gasteiger charge is -2.30. The highest BCUT2D eigenvalue weighted by molar-refractivity contribution is 6.07. The molecule has 1 aromatic carbocycles. The monoisotopic (exact) mass is 316 g/mol. The number of hydrogen-bond donors (Lipinski definition) is 2. The Bertz CT molecular complexity index is 595. The van der Waals surface area contributed by atoms with E-state index < -0.39 is 5.54 Å². The maximum atomic E-state index is 12.9. The molecule has 1 atom stereocenters. The first-order valence-corrected chi connectivity index (χ1v) is 8.21. The molecule has 0 bridgehead atoms. The highest BCUT2D eigenvalue weighted by Crippen LogP contribution is 2.29. The van der Waals surface area contributed by atoms with Crippen molar-refractivity contribution < 1.29 is 9.59 Å². The van der Waals surface area contributed by atoms with E-state index in [1.807, 2.05) is 24.3 Å². The number of hydrogen-bond acceptors (Lipinski definition) is 4. The van der Waals surface area contributed by atoms with Crippen LogP contribution in [0.25, 0.3) is 0 Å². The van der Waals surface area contributed by atoms with Crippen LogP contribution in [0.1, 0.15) is 25.0 Å². The van der Waals surface area contributed by atoms with Gasteiger partial charge in [0.25, 0.3) is 5.91 Å². The first-order valence-electron chi connectivity index (χ1n) is 8.21. The van der Waals surface area contributed by atoms with E-state index >= 15 is 0 Å². The highest BCUT2D eigenvalue weighted by atomic mass is 16.2. The molecule has 2 N–H and O–H groups in total. The summed E-state index contributed by atoms with van der Waals surface area (Å²) in [5, 5.41) is 6.14. The largest absolute Gasteiger partial charge is 0.326 e. The zero-order valence-electron chi connectivity index (χ0n) is 13.8. The molecule has 0 spiro atoms. The van der Waals surface area contributed by atoms with Crippen molar-refractivity contribution in [3.63, 3.8) is 0 Å². The second kappa shape index (κ2) is 6.29. The molecule has 124 valence electrons. The normalized spacial score (nSPS) is 25.7. The summed E-state index contributed by atoms with van der Waals surface area (Å²) < 4.78 is 0.